The second kappa shape index (κ2) is 8.94. The minimum absolute atomic E-state index is 0.0822. The van der Waals surface area contributed by atoms with Crippen molar-refractivity contribution >= 4 is 26.6 Å². The van der Waals surface area contributed by atoms with Crippen LogP contribution in [0.15, 0.2) is 34.1 Å². The standard InChI is InChI=1S/C24H31N3O4S/c1-7-8-17-9-16(5)26-23(28)20(17)13-27(14(2)3)24(29)19-10-18(32(6,30)31)11-21-22(19)15(4)12-25-21/h9-12,14,25H,7-8,13H2,1-6H3,(H,26,28). The van der Waals surface area contributed by atoms with Crippen LogP contribution in [0.2, 0.25) is 0 Å². The van der Waals surface area contributed by atoms with Crippen LogP contribution >= 0.6 is 0 Å². The number of benzene rings is 1. The van der Waals surface area contributed by atoms with Gasteiger partial charge < -0.3 is 14.9 Å². The van der Waals surface area contributed by atoms with Gasteiger partial charge in [-0.1, -0.05) is 13.3 Å². The molecule has 0 radical (unpaired) electrons. The van der Waals surface area contributed by atoms with Crippen LogP contribution in [0.25, 0.3) is 10.9 Å². The summed E-state index contributed by atoms with van der Waals surface area (Å²) in [5, 5.41) is 0.694. The van der Waals surface area contributed by atoms with E-state index in [1.54, 1.807) is 17.2 Å². The summed E-state index contributed by atoms with van der Waals surface area (Å²) in [4.78, 5) is 34.2. The number of hydrogen-bond donors (Lipinski definition) is 2. The summed E-state index contributed by atoms with van der Waals surface area (Å²) in [7, 11) is -3.52. The van der Waals surface area contributed by atoms with E-state index in [-0.39, 0.29) is 28.9 Å². The molecule has 0 aliphatic carbocycles. The molecule has 32 heavy (non-hydrogen) atoms. The lowest BCUT2D eigenvalue weighted by Crippen LogP contribution is -2.38. The number of nitrogens with one attached hydrogen (secondary N) is 2. The monoisotopic (exact) mass is 457 g/mol. The Morgan fingerprint density at radius 1 is 1.16 bits per heavy atom. The summed E-state index contributed by atoms with van der Waals surface area (Å²) < 4.78 is 24.5. The number of nitrogens with zero attached hydrogens (tertiary/aromatic N) is 1. The topological polar surface area (TPSA) is 103 Å². The Bertz CT molecular complexity index is 1330. The van der Waals surface area contributed by atoms with Gasteiger partial charge in [-0.2, -0.15) is 0 Å². The third-order valence-electron chi connectivity index (χ3n) is 5.70. The average Bonchev–Trinajstić information content (AvgIpc) is 3.06. The number of carbonyl (C=O) groups excluding carboxylic acids is 1. The largest absolute Gasteiger partial charge is 0.361 e. The molecule has 2 heterocycles. The van der Waals surface area contributed by atoms with Crippen molar-refractivity contribution < 1.29 is 13.2 Å². The predicted molar refractivity (Wildman–Crippen MR) is 127 cm³/mol. The average molecular weight is 458 g/mol. The van der Waals surface area contributed by atoms with Crippen LogP contribution in [0.4, 0.5) is 0 Å². The van der Waals surface area contributed by atoms with E-state index < -0.39 is 9.84 Å². The zero-order valence-electron chi connectivity index (χ0n) is 19.5. The van der Waals surface area contributed by atoms with Gasteiger partial charge >= 0.3 is 0 Å². The van der Waals surface area contributed by atoms with Crippen LogP contribution in [-0.2, 0) is 22.8 Å². The highest BCUT2D eigenvalue weighted by atomic mass is 32.2. The van der Waals surface area contributed by atoms with E-state index in [1.807, 2.05) is 40.7 Å². The van der Waals surface area contributed by atoms with Crippen LogP contribution < -0.4 is 5.56 Å². The maximum atomic E-state index is 13.8. The highest BCUT2D eigenvalue weighted by Crippen LogP contribution is 2.28. The molecular weight excluding hydrogens is 426 g/mol. The van der Waals surface area contributed by atoms with Gasteiger partial charge in [0.1, 0.15) is 0 Å². The van der Waals surface area contributed by atoms with E-state index >= 15 is 0 Å². The Hall–Kier alpha value is -2.87. The molecule has 0 atom stereocenters. The number of hydrogen-bond acceptors (Lipinski definition) is 4. The van der Waals surface area contributed by atoms with Gasteiger partial charge in [-0.15, -0.1) is 0 Å². The van der Waals surface area contributed by atoms with Crippen molar-refractivity contribution in [3.05, 3.63) is 62.7 Å². The number of rotatable bonds is 7. The summed E-state index contributed by atoms with van der Waals surface area (Å²) >= 11 is 0. The number of aromatic amines is 2. The fraction of sp³-hybridized carbons (Fsp3) is 0.417. The highest BCUT2D eigenvalue weighted by Gasteiger charge is 2.26. The Morgan fingerprint density at radius 3 is 2.44 bits per heavy atom. The zero-order valence-corrected chi connectivity index (χ0v) is 20.3. The van der Waals surface area contributed by atoms with Crippen LogP contribution in [-0.4, -0.2) is 41.5 Å². The maximum Gasteiger partial charge on any atom is 0.255 e. The predicted octanol–water partition coefficient (Wildman–Crippen LogP) is 3.88. The second-order valence-corrected chi connectivity index (χ2v) is 10.7. The quantitative estimate of drug-likeness (QED) is 0.562. The molecule has 0 fully saturated rings. The molecule has 172 valence electrons. The molecule has 0 aliphatic rings. The number of amides is 1. The molecule has 0 saturated heterocycles. The molecule has 3 rings (SSSR count). The molecule has 0 bridgehead atoms. The molecule has 7 nitrogen and oxygen atoms in total. The van der Waals surface area contributed by atoms with E-state index in [4.69, 9.17) is 0 Å². The summed E-state index contributed by atoms with van der Waals surface area (Å²) in [6, 6.07) is 4.76. The number of carbonyl (C=O) groups is 1. The molecule has 3 aromatic rings. The molecule has 8 heteroatoms. The summed E-state index contributed by atoms with van der Waals surface area (Å²) in [6.07, 6.45) is 4.51. The number of fused-ring (bicyclic) bond motifs is 1. The maximum absolute atomic E-state index is 13.8. The Kier molecular flexibility index (Phi) is 6.64. The molecule has 2 N–H and O–H groups in total. The number of sulfone groups is 1. The number of aryl methyl sites for hydroxylation is 3. The molecule has 1 aromatic carbocycles. The van der Waals surface area contributed by atoms with Gasteiger partial charge in [0.25, 0.3) is 11.5 Å². The van der Waals surface area contributed by atoms with Crippen molar-refractivity contribution in [3.8, 4) is 0 Å². The van der Waals surface area contributed by atoms with E-state index in [9.17, 15) is 18.0 Å². The first-order valence-corrected chi connectivity index (χ1v) is 12.7. The molecule has 0 aliphatic heterocycles. The first kappa shape index (κ1) is 23.8. The normalized spacial score (nSPS) is 12.0. The van der Waals surface area contributed by atoms with Gasteiger partial charge in [-0.3, -0.25) is 9.59 Å². The van der Waals surface area contributed by atoms with Crippen LogP contribution in [0, 0.1) is 13.8 Å². The number of aromatic nitrogens is 2. The smallest absolute Gasteiger partial charge is 0.255 e. The fourth-order valence-corrected chi connectivity index (χ4v) is 4.72. The Morgan fingerprint density at radius 2 is 1.84 bits per heavy atom. The van der Waals surface area contributed by atoms with Crippen molar-refractivity contribution in [3.63, 3.8) is 0 Å². The van der Waals surface area contributed by atoms with Gasteiger partial charge in [0.2, 0.25) is 0 Å². The van der Waals surface area contributed by atoms with Crippen LogP contribution in [0.1, 0.15) is 59.9 Å². The minimum Gasteiger partial charge on any atom is -0.361 e. The van der Waals surface area contributed by atoms with Gasteiger partial charge in [0.15, 0.2) is 9.84 Å². The molecule has 2 aromatic heterocycles. The Labute approximate surface area is 188 Å². The minimum atomic E-state index is -3.52. The molecular formula is C24H31N3O4S. The third kappa shape index (κ3) is 4.65. The van der Waals surface area contributed by atoms with Crippen molar-refractivity contribution in [2.75, 3.05) is 6.26 Å². The zero-order chi connectivity index (χ0) is 23.8. The number of pyridine rings is 1. The summed E-state index contributed by atoms with van der Waals surface area (Å²) in [5.74, 6) is -0.305. The lowest BCUT2D eigenvalue weighted by Gasteiger charge is -2.28. The molecule has 1 amide bonds. The van der Waals surface area contributed by atoms with Crippen LogP contribution in [0.3, 0.4) is 0 Å². The van der Waals surface area contributed by atoms with Gasteiger partial charge in [-0.05, 0) is 63.4 Å². The first-order chi connectivity index (χ1) is 14.9. The summed E-state index contributed by atoms with van der Waals surface area (Å²) in [5.41, 5.74) is 3.86. The third-order valence-corrected chi connectivity index (χ3v) is 6.80. The SMILES string of the molecule is CCCc1cc(C)[nH]c(=O)c1CN(C(=O)c1cc(S(C)(=O)=O)cc2[nH]cc(C)c12)C(C)C. The first-order valence-electron chi connectivity index (χ1n) is 10.8. The van der Waals surface area contributed by atoms with E-state index in [0.29, 0.717) is 22.0 Å². The second-order valence-electron chi connectivity index (χ2n) is 8.70. The van der Waals surface area contributed by atoms with Gasteiger partial charge in [0, 0.05) is 40.7 Å². The summed E-state index contributed by atoms with van der Waals surface area (Å²) in [6.45, 7) is 9.70. The molecule has 0 saturated carbocycles. The molecule has 0 spiro atoms. The van der Waals surface area contributed by atoms with Gasteiger partial charge in [0.05, 0.1) is 17.0 Å². The van der Waals surface area contributed by atoms with E-state index in [2.05, 4.69) is 9.97 Å². The number of H-pyrrole nitrogens is 2. The van der Waals surface area contributed by atoms with E-state index in [0.717, 1.165) is 35.9 Å². The Balaban J connectivity index is 2.16. The lowest BCUT2D eigenvalue weighted by atomic mass is 10.0. The highest BCUT2D eigenvalue weighted by molar-refractivity contribution is 7.90. The van der Waals surface area contributed by atoms with Crippen molar-refractivity contribution in [1.29, 1.82) is 0 Å². The van der Waals surface area contributed by atoms with E-state index in [1.165, 1.54) is 6.07 Å². The fourth-order valence-electron chi connectivity index (χ4n) is 4.06. The van der Waals surface area contributed by atoms with Crippen molar-refractivity contribution in [2.45, 2.75) is 64.9 Å². The van der Waals surface area contributed by atoms with Crippen molar-refractivity contribution in [2.24, 2.45) is 0 Å². The molecule has 0 unspecified atom stereocenters. The van der Waals surface area contributed by atoms with Crippen LogP contribution in [0.5, 0.6) is 0 Å². The van der Waals surface area contributed by atoms with Gasteiger partial charge in [-0.25, -0.2) is 8.42 Å². The van der Waals surface area contributed by atoms with Crippen molar-refractivity contribution in [1.82, 2.24) is 14.9 Å². The lowest BCUT2D eigenvalue weighted by molar-refractivity contribution is 0.0691.